The molecule has 102 valence electrons. The smallest absolute Gasteiger partial charge is 0.240 e. The highest BCUT2D eigenvalue weighted by Gasteiger charge is 2.23. The molecule has 0 aliphatic carbocycles. The number of aryl methyl sites for hydroxylation is 1. The van der Waals surface area contributed by atoms with Crippen LogP contribution in [0, 0.1) is 10.5 Å². The minimum atomic E-state index is -3.57. The molecule has 0 radical (unpaired) electrons. The molecule has 0 aliphatic rings. The molecular weight excluding hydrogens is 375 g/mol. The van der Waals surface area contributed by atoms with Gasteiger partial charge in [-0.3, -0.25) is 0 Å². The third kappa shape index (κ3) is 2.69. The molecule has 4 nitrogen and oxygen atoms in total. The predicted octanol–water partition coefficient (Wildman–Crippen LogP) is 3.16. The number of hydrogen-bond acceptors (Lipinski definition) is 3. The van der Waals surface area contributed by atoms with Crippen LogP contribution in [0.2, 0.25) is 0 Å². The lowest BCUT2D eigenvalue weighted by atomic mass is 10.2. The molecule has 0 atom stereocenters. The molecule has 2 aromatic rings. The summed E-state index contributed by atoms with van der Waals surface area (Å²) in [5, 5.41) is 0. The number of aromatic nitrogens is 2. The molecule has 0 N–H and O–H groups in total. The molecule has 0 spiro atoms. The fraction of sp³-hybridized carbons (Fsp3) is 0.308. The van der Waals surface area contributed by atoms with Crippen molar-refractivity contribution in [2.75, 3.05) is 0 Å². The minimum Gasteiger partial charge on any atom is -0.240 e. The summed E-state index contributed by atoms with van der Waals surface area (Å²) in [6, 6.07) is 5.31. The molecule has 0 fully saturated rings. The van der Waals surface area contributed by atoms with Crippen molar-refractivity contribution in [1.82, 2.24) is 8.96 Å². The lowest BCUT2D eigenvalue weighted by molar-refractivity contribution is 0.581. The van der Waals surface area contributed by atoms with Gasteiger partial charge < -0.3 is 0 Å². The van der Waals surface area contributed by atoms with Crippen molar-refractivity contribution in [3.63, 3.8) is 0 Å². The highest BCUT2D eigenvalue weighted by molar-refractivity contribution is 14.1. The first-order valence-electron chi connectivity index (χ1n) is 5.89. The molecule has 0 saturated carbocycles. The summed E-state index contributed by atoms with van der Waals surface area (Å²) in [6.07, 6.45) is 3.02. The quantitative estimate of drug-likeness (QED) is 0.757. The van der Waals surface area contributed by atoms with Crippen LogP contribution in [0.1, 0.15) is 31.2 Å². The van der Waals surface area contributed by atoms with E-state index in [9.17, 15) is 8.42 Å². The van der Waals surface area contributed by atoms with Crippen molar-refractivity contribution < 1.29 is 8.42 Å². The fourth-order valence-electron chi connectivity index (χ4n) is 1.92. The third-order valence-electron chi connectivity index (χ3n) is 2.82. The van der Waals surface area contributed by atoms with E-state index in [2.05, 4.69) is 27.6 Å². The summed E-state index contributed by atoms with van der Waals surface area (Å²) >= 11 is 2.17. The van der Waals surface area contributed by atoms with E-state index in [0.29, 0.717) is 10.7 Å². The van der Waals surface area contributed by atoms with Gasteiger partial charge in [0.15, 0.2) is 0 Å². The first kappa shape index (κ1) is 14.5. The molecule has 1 heterocycles. The Morgan fingerprint density at radius 2 is 2.00 bits per heavy atom. The second-order valence-electron chi connectivity index (χ2n) is 4.65. The van der Waals surface area contributed by atoms with Gasteiger partial charge in [0.1, 0.15) is 5.82 Å². The Morgan fingerprint density at radius 1 is 1.32 bits per heavy atom. The van der Waals surface area contributed by atoms with Gasteiger partial charge in [0.25, 0.3) is 10.0 Å². The first-order valence-corrected chi connectivity index (χ1v) is 8.41. The van der Waals surface area contributed by atoms with Crippen LogP contribution in [0.5, 0.6) is 0 Å². The van der Waals surface area contributed by atoms with E-state index in [4.69, 9.17) is 0 Å². The maximum absolute atomic E-state index is 12.7. The Bertz CT molecular complexity index is 705. The number of rotatable bonds is 3. The van der Waals surface area contributed by atoms with Crippen LogP contribution in [-0.4, -0.2) is 17.4 Å². The molecule has 0 unspecified atom stereocenters. The van der Waals surface area contributed by atoms with Crippen LogP contribution in [0.25, 0.3) is 0 Å². The van der Waals surface area contributed by atoms with Crippen LogP contribution in [0.3, 0.4) is 0 Å². The van der Waals surface area contributed by atoms with Crippen LogP contribution in [-0.2, 0) is 10.0 Å². The Morgan fingerprint density at radius 3 is 2.58 bits per heavy atom. The van der Waals surface area contributed by atoms with Gasteiger partial charge in [-0.05, 0) is 53.3 Å². The van der Waals surface area contributed by atoms with E-state index in [0.717, 1.165) is 9.13 Å². The molecule has 2 rings (SSSR count). The fourth-order valence-corrected chi connectivity index (χ4v) is 4.20. The van der Waals surface area contributed by atoms with E-state index in [1.807, 2.05) is 19.9 Å². The van der Waals surface area contributed by atoms with E-state index < -0.39 is 10.0 Å². The van der Waals surface area contributed by atoms with E-state index in [1.165, 1.54) is 16.4 Å². The van der Waals surface area contributed by atoms with Crippen LogP contribution in [0.4, 0.5) is 0 Å². The molecule has 6 heteroatoms. The van der Waals surface area contributed by atoms with E-state index >= 15 is 0 Å². The summed E-state index contributed by atoms with van der Waals surface area (Å²) in [5.41, 5.74) is 0.746. The average Bonchev–Trinajstić information content (AvgIpc) is 2.77. The number of nitrogens with zero attached hydrogens (tertiary/aromatic N) is 2. The Balaban J connectivity index is 2.62. The Hall–Kier alpha value is -0.890. The standard InChI is InChI=1S/C13H15IN2O2S/c1-9(2)13-15-6-7-16(13)19(17,18)12-5-4-11(14)8-10(12)3/h4-9H,1-3H3. The third-order valence-corrected chi connectivity index (χ3v) is 5.34. The van der Waals surface area contributed by atoms with Crippen molar-refractivity contribution >= 4 is 32.6 Å². The van der Waals surface area contributed by atoms with Gasteiger partial charge in [0, 0.05) is 21.9 Å². The van der Waals surface area contributed by atoms with Gasteiger partial charge in [0.05, 0.1) is 4.90 Å². The van der Waals surface area contributed by atoms with Gasteiger partial charge in [0.2, 0.25) is 0 Å². The van der Waals surface area contributed by atoms with E-state index in [-0.39, 0.29) is 5.92 Å². The lowest BCUT2D eigenvalue weighted by Crippen LogP contribution is -2.17. The molecular formula is C13H15IN2O2S. The molecule has 0 bridgehead atoms. The SMILES string of the molecule is Cc1cc(I)ccc1S(=O)(=O)n1ccnc1C(C)C. The maximum Gasteiger partial charge on any atom is 0.269 e. The zero-order valence-electron chi connectivity index (χ0n) is 11.0. The van der Waals surface area contributed by atoms with Gasteiger partial charge in [-0.25, -0.2) is 17.4 Å². The molecule has 0 saturated heterocycles. The Kier molecular flexibility index (Phi) is 4.00. The summed E-state index contributed by atoms with van der Waals surface area (Å²) in [4.78, 5) is 4.46. The topological polar surface area (TPSA) is 52.0 Å². The van der Waals surface area contributed by atoms with Gasteiger partial charge >= 0.3 is 0 Å². The monoisotopic (exact) mass is 390 g/mol. The number of hydrogen-bond donors (Lipinski definition) is 0. The largest absolute Gasteiger partial charge is 0.269 e. The molecule has 1 aromatic heterocycles. The zero-order valence-corrected chi connectivity index (χ0v) is 13.9. The van der Waals surface area contributed by atoms with Crippen molar-refractivity contribution in [2.24, 2.45) is 0 Å². The normalized spacial score (nSPS) is 12.1. The van der Waals surface area contributed by atoms with Crippen molar-refractivity contribution in [3.05, 3.63) is 45.6 Å². The molecule has 0 aliphatic heterocycles. The number of benzene rings is 1. The minimum absolute atomic E-state index is 0.0499. The highest BCUT2D eigenvalue weighted by atomic mass is 127. The van der Waals surface area contributed by atoms with Crippen LogP contribution >= 0.6 is 22.6 Å². The second kappa shape index (κ2) is 5.24. The number of halogens is 1. The predicted molar refractivity (Wildman–Crippen MR) is 82.8 cm³/mol. The summed E-state index contributed by atoms with van der Waals surface area (Å²) < 4.78 is 27.6. The van der Waals surface area contributed by atoms with Crippen molar-refractivity contribution in [2.45, 2.75) is 31.6 Å². The van der Waals surface area contributed by atoms with Gasteiger partial charge in [-0.15, -0.1) is 0 Å². The van der Waals surface area contributed by atoms with E-state index in [1.54, 1.807) is 19.1 Å². The summed E-state index contributed by atoms with van der Waals surface area (Å²) in [7, 11) is -3.57. The average molecular weight is 390 g/mol. The first-order chi connectivity index (χ1) is 8.84. The van der Waals surface area contributed by atoms with Crippen molar-refractivity contribution in [3.8, 4) is 0 Å². The summed E-state index contributed by atoms with van der Waals surface area (Å²) in [6.45, 7) is 5.66. The van der Waals surface area contributed by atoms with Gasteiger partial charge in [-0.1, -0.05) is 13.8 Å². The lowest BCUT2D eigenvalue weighted by Gasteiger charge is -2.13. The van der Waals surface area contributed by atoms with Crippen LogP contribution < -0.4 is 0 Å². The molecule has 19 heavy (non-hydrogen) atoms. The number of imidazole rings is 1. The maximum atomic E-state index is 12.7. The van der Waals surface area contributed by atoms with Crippen LogP contribution in [0.15, 0.2) is 35.5 Å². The highest BCUT2D eigenvalue weighted by Crippen LogP contribution is 2.23. The molecule has 1 aromatic carbocycles. The second-order valence-corrected chi connectivity index (χ2v) is 7.68. The van der Waals surface area contributed by atoms with Crippen molar-refractivity contribution in [1.29, 1.82) is 0 Å². The summed E-state index contributed by atoms with van der Waals surface area (Å²) in [5.74, 6) is 0.604. The van der Waals surface area contributed by atoms with Gasteiger partial charge in [-0.2, -0.15) is 0 Å². The Labute approximate surface area is 127 Å². The molecule has 0 amide bonds. The zero-order chi connectivity index (χ0) is 14.2.